The van der Waals surface area contributed by atoms with Crippen LogP contribution in [-0.2, 0) is 11.2 Å². The maximum Gasteiger partial charge on any atom is 0.266 e. The lowest BCUT2D eigenvalue weighted by atomic mass is 10.0. The normalized spacial score (nSPS) is 15.7. The Morgan fingerprint density at radius 1 is 1.24 bits per heavy atom. The number of ether oxygens (including phenoxy) is 2. The van der Waals surface area contributed by atoms with Gasteiger partial charge in [0.25, 0.3) is 5.91 Å². The number of thioether (sulfide) groups is 1. The molecular formula is C26H25FN2O3S. The van der Waals surface area contributed by atoms with E-state index in [1.165, 1.54) is 23.9 Å². The van der Waals surface area contributed by atoms with Crippen molar-refractivity contribution in [3.63, 3.8) is 0 Å². The van der Waals surface area contributed by atoms with Crippen LogP contribution in [0, 0.1) is 18.2 Å². The molecule has 1 heterocycles. The molecule has 0 saturated carbocycles. The van der Waals surface area contributed by atoms with Gasteiger partial charge in [-0.05, 0) is 80.1 Å². The van der Waals surface area contributed by atoms with Crippen molar-refractivity contribution in [3.05, 3.63) is 70.9 Å². The SMILES string of the molecule is C#CCOc1c(CC=C)cc(/C=C2/SC(=Nc3ccc(F)cc3)N(CC)C2=O)cc1OCC. The molecule has 0 atom stereocenters. The fourth-order valence-electron chi connectivity index (χ4n) is 3.26. The van der Waals surface area contributed by atoms with Gasteiger partial charge < -0.3 is 9.47 Å². The molecule has 170 valence electrons. The molecule has 0 N–H and O–H groups in total. The Bertz CT molecular complexity index is 1130. The van der Waals surface area contributed by atoms with E-state index in [-0.39, 0.29) is 18.3 Å². The van der Waals surface area contributed by atoms with Gasteiger partial charge in [0.1, 0.15) is 12.4 Å². The summed E-state index contributed by atoms with van der Waals surface area (Å²) >= 11 is 1.28. The molecule has 1 aliphatic rings. The molecule has 0 aliphatic carbocycles. The molecule has 0 spiro atoms. The van der Waals surface area contributed by atoms with Crippen LogP contribution < -0.4 is 9.47 Å². The fraction of sp³-hybridized carbons (Fsp3) is 0.231. The van der Waals surface area contributed by atoms with Crippen LogP contribution in [0.5, 0.6) is 11.5 Å². The van der Waals surface area contributed by atoms with Crippen molar-refractivity contribution in [2.45, 2.75) is 20.3 Å². The Labute approximate surface area is 198 Å². The Morgan fingerprint density at radius 2 is 2.00 bits per heavy atom. The third-order valence-electron chi connectivity index (χ3n) is 4.67. The third kappa shape index (κ3) is 5.85. The minimum Gasteiger partial charge on any atom is -0.490 e. The van der Waals surface area contributed by atoms with Crippen molar-refractivity contribution in [1.29, 1.82) is 0 Å². The molecule has 2 aromatic carbocycles. The van der Waals surface area contributed by atoms with Gasteiger partial charge in [0.05, 0.1) is 17.2 Å². The number of hydrogen-bond donors (Lipinski definition) is 0. The van der Waals surface area contributed by atoms with E-state index in [2.05, 4.69) is 17.5 Å². The predicted octanol–water partition coefficient (Wildman–Crippen LogP) is 5.59. The lowest BCUT2D eigenvalue weighted by molar-refractivity contribution is -0.122. The van der Waals surface area contributed by atoms with Gasteiger partial charge in [-0.25, -0.2) is 9.38 Å². The Balaban J connectivity index is 2.00. The number of nitrogens with zero attached hydrogens (tertiary/aromatic N) is 2. The van der Waals surface area contributed by atoms with Gasteiger partial charge in [-0.3, -0.25) is 9.69 Å². The van der Waals surface area contributed by atoms with Crippen molar-refractivity contribution in [3.8, 4) is 23.8 Å². The second-order valence-corrected chi connectivity index (χ2v) is 7.97. The summed E-state index contributed by atoms with van der Waals surface area (Å²) in [4.78, 5) is 19.7. The highest BCUT2D eigenvalue weighted by Crippen LogP contribution is 2.38. The van der Waals surface area contributed by atoms with Crippen molar-refractivity contribution < 1.29 is 18.7 Å². The van der Waals surface area contributed by atoms with E-state index in [1.54, 1.807) is 23.1 Å². The number of carbonyl (C=O) groups is 1. The summed E-state index contributed by atoms with van der Waals surface area (Å²) in [6.45, 7) is 8.62. The minimum absolute atomic E-state index is 0.119. The first-order valence-electron chi connectivity index (χ1n) is 10.5. The van der Waals surface area contributed by atoms with E-state index < -0.39 is 0 Å². The second kappa shape index (κ2) is 11.4. The highest BCUT2D eigenvalue weighted by molar-refractivity contribution is 8.18. The molecule has 7 heteroatoms. The van der Waals surface area contributed by atoms with Crippen LogP contribution >= 0.6 is 11.8 Å². The number of halogens is 1. The molecule has 1 aliphatic heterocycles. The first-order chi connectivity index (χ1) is 16.0. The van der Waals surface area contributed by atoms with Crippen LogP contribution in [0.25, 0.3) is 6.08 Å². The molecule has 3 rings (SSSR count). The Morgan fingerprint density at radius 3 is 2.64 bits per heavy atom. The van der Waals surface area contributed by atoms with Gasteiger partial charge in [-0.1, -0.05) is 12.0 Å². The zero-order valence-electron chi connectivity index (χ0n) is 18.6. The number of carbonyl (C=O) groups excluding carboxylic acids is 1. The standard InChI is InChI=1S/C26H25FN2O3S/c1-5-9-19-15-18(16-22(31-8-4)24(19)32-14-6-2)17-23-25(30)29(7-3)26(33-23)28-21-12-10-20(27)11-13-21/h2,5,10-13,15-17H,1,7-9,14H2,3-4H3/b23-17+,28-26?. The Kier molecular flexibility index (Phi) is 8.34. The monoisotopic (exact) mass is 464 g/mol. The number of terminal acetylenes is 1. The Hall–Kier alpha value is -3.50. The van der Waals surface area contributed by atoms with Crippen LogP contribution in [0.4, 0.5) is 10.1 Å². The van der Waals surface area contributed by atoms with Crippen molar-refractivity contribution in [2.24, 2.45) is 4.99 Å². The number of amides is 1. The summed E-state index contributed by atoms with van der Waals surface area (Å²) in [6, 6.07) is 9.60. The molecular weight excluding hydrogens is 439 g/mol. The topological polar surface area (TPSA) is 51.1 Å². The predicted molar refractivity (Wildman–Crippen MR) is 132 cm³/mol. The van der Waals surface area contributed by atoms with E-state index in [9.17, 15) is 9.18 Å². The summed E-state index contributed by atoms with van der Waals surface area (Å²) in [5.74, 6) is 3.13. The van der Waals surface area contributed by atoms with Gasteiger partial charge in [0, 0.05) is 12.1 Å². The van der Waals surface area contributed by atoms with Crippen LogP contribution in [0.15, 0.2) is 59.0 Å². The van der Waals surface area contributed by atoms with Crippen LogP contribution in [0.3, 0.4) is 0 Å². The largest absolute Gasteiger partial charge is 0.490 e. The zero-order valence-corrected chi connectivity index (χ0v) is 19.5. The smallest absolute Gasteiger partial charge is 0.266 e. The van der Waals surface area contributed by atoms with Crippen molar-refractivity contribution in [2.75, 3.05) is 19.8 Å². The molecule has 1 saturated heterocycles. The maximum absolute atomic E-state index is 13.2. The first-order valence-corrected chi connectivity index (χ1v) is 11.3. The summed E-state index contributed by atoms with van der Waals surface area (Å²) in [5.41, 5.74) is 2.23. The summed E-state index contributed by atoms with van der Waals surface area (Å²) in [5, 5.41) is 0.547. The van der Waals surface area contributed by atoms with E-state index in [4.69, 9.17) is 15.9 Å². The molecule has 2 aromatic rings. The number of likely N-dealkylation sites (N-methyl/N-ethyl adjacent to an activating group) is 1. The van der Waals surface area contributed by atoms with Crippen LogP contribution in [-0.4, -0.2) is 35.7 Å². The molecule has 0 bridgehead atoms. The average molecular weight is 465 g/mol. The van der Waals surface area contributed by atoms with Gasteiger partial charge in [0.15, 0.2) is 16.7 Å². The van der Waals surface area contributed by atoms with Gasteiger partial charge >= 0.3 is 0 Å². The molecule has 0 unspecified atom stereocenters. The molecule has 33 heavy (non-hydrogen) atoms. The lowest BCUT2D eigenvalue weighted by Gasteiger charge is -2.15. The summed E-state index contributed by atoms with van der Waals surface area (Å²) in [6.07, 6.45) is 9.49. The average Bonchev–Trinajstić information content (AvgIpc) is 3.09. The molecule has 0 radical (unpaired) electrons. The van der Waals surface area contributed by atoms with Gasteiger partial charge in [-0.2, -0.15) is 0 Å². The third-order valence-corrected chi connectivity index (χ3v) is 5.68. The van der Waals surface area contributed by atoms with Gasteiger partial charge in [-0.15, -0.1) is 13.0 Å². The van der Waals surface area contributed by atoms with E-state index in [0.29, 0.717) is 46.8 Å². The van der Waals surface area contributed by atoms with Crippen molar-refractivity contribution in [1.82, 2.24) is 4.90 Å². The molecule has 5 nitrogen and oxygen atoms in total. The highest BCUT2D eigenvalue weighted by atomic mass is 32.2. The van der Waals surface area contributed by atoms with E-state index >= 15 is 0 Å². The molecule has 0 aromatic heterocycles. The summed E-state index contributed by atoms with van der Waals surface area (Å²) in [7, 11) is 0. The van der Waals surface area contributed by atoms with E-state index in [0.717, 1.165) is 11.1 Å². The van der Waals surface area contributed by atoms with Gasteiger partial charge in [0.2, 0.25) is 0 Å². The molecule has 1 amide bonds. The van der Waals surface area contributed by atoms with E-state index in [1.807, 2.05) is 32.1 Å². The lowest BCUT2D eigenvalue weighted by Crippen LogP contribution is -2.28. The number of amidine groups is 1. The number of aliphatic imine (C=N–C) groups is 1. The maximum atomic E-state index is 13.2. The molecule has 1 fully saturated rings. The van der Waals surface area contributed by atoms with Crippen LogP contribution in [0.2, 0.25) is 0 Å². The minimum atomic E-state index is -0.336. The quantitative estimate of drug-likeness (QED) is 0.276. The second-order valence-electron chi connectivity index (χ2n) is 6.96. The number of rotatable bonds is 9. The highest BCUT2D eigenvalue weighted by Gasteiger charge is 2.32. The zero-order chi connectivity index (χ0) is 23.8. The first kappa shape index (κ1) is 24.1. The number of benzene rings is 2. The van der Waals surface area contributed by atoms with Crippen LogP contribution in [0.1, 0.15) is 25.0 Å². The number of allylic oxidation sites excluding steroid dienone is 1. The van der Waals surface area contributed by atoms with Crippen molar-refractivity contribution >= 4 is 34.6 Å². The summed E-state index contributed by atoms with van der Waals surface area (Å²) < 4.78 is 24.7. The fourth-order valence-corrected chi connectivity index (χ4v) is 4.32. The number of hydrogen-bond acceptors (Lipinski definition) is 5.